The van der Waals surface area contributed by atoms with Gasteiger partial charge in [-0.15, -0.1) is 11.3 Å². The summed E-state index contributed by atoms with van der Waals surface area (Å²) in [6, 6.07) is 16.2. The van der Waals surface area contributed by atoms with Crippen molar-refractivity contribution in [2.75, 3.05) is 17.7 Å². The van der Waals surface area contributed by atoms with Crippen LogP contribution in [0.1, 0.15) is 26.4 Å². The van der Waals surface area contributed by atoms with Gasteiger partial charge in [-0.05, 0) is 54.5 Å². The molecule has 2 aromatic carbocycles. The summed E-state index contributed by atoms with van der Waals surface area (Å²) >= 11 is 6.81. The summed E-state index contributed by atoms with van der Waals surface area (Å²) < 4.78 is 18.2. The largest absolute Gasteiger partial charge is 0.465 e. The molecule has 0 amide bonds. The van der Waals surface area contributed by atoms with Crippen LogP contribution in [-0.4, -0.2) is 18.2 Å². The number of ether oxygens (including phenoxy) is 1. The van der Waals surface area contributed by atoms with Gasteiger partial charge in [0.1, 0.15) is 10.8 Å². The average molecular weight is 415 g/mol. The van der Waals surface area contributed by atoms with Gasteiger partial charge in [0.2, 0.25) is 0 Å². The lowest BCUT2D eigenvalue weighted by atomic mass is 10.1. The van der Waals surface area contributed by atoms with E-state index in [1.165, 1.54) is 30.6 Å². The molecular formula is C21H19FN2O2S2. The monoisotopic (exact) mass is 414 g/mol. The normalized spacial score (nSPS) is 10.4. The number of benzene rings is 2. The summed E-state index contributed by atoms with van der Waals surface area (Å²) in [7, 11) is 1.35. The zero-order valence-electron chi connectivity index (χ0n) is 15.4. The summed E-state index contributed by atoms with van der Waals surface area (Å²) in [5.41, 5.74) is 3.00. The van der Waals surface area contributed by atoms with E-state index in [1.54, 1.807) is 13.0 Å². The first-order valence-electron chi connectivity index (χ1n) is 8.55. The van der Waals surface area contributed by atoms with Gasteiger partial charge in [-0.3, -0.25) is 0 Å². The van der Waals surface area contributed by atoms with E-state index in [2.05, 4.69) is 10.6 Å². The first-order chi connectivity index (χ1) is 13.5. The van der Waals surface area contributed by atoms with Crippen molar-refractivity contribution >= 4 is 45.3 Å². The molecule has 3 aromatic rings. The van der Waals surface area contributed by atoms with Crippen LogP contribution in [0.2, 0.25) is 0 Å². The van der Waals surface area contributed by atoms with E-state index < -0.39 is 5.97 Å². The summed E-state index contributed by atoms with van der Waals surface area (Å²) in [5.74, 6) is -0.738. The van der Waals surface area contributed by atoms with E-state index in [0.717, 1.165) is 16.0 Å². The molecule has 0 fully saturated rings. The van der Waals surface area contributed by atoms with Crippen molar-refractivity contribution in [2.45, 2.75) is 13.3 Å². The molecule has 0 bridgehead atoms. The molecule has 0 atom stereocenters. The third-order valence-corrected chi connectivity index (χ3v) is 5.33. The number of halogens is 1. The molecule has 28 heavy (non-hydrogen) atoms. The van der Waals surface area contributed by atoms with E-state index in [1.807, 2.05) is 36.4 Å². The van der Waals surface area contributed by atoms with Crippen LogP contribution in [0.25, 0.3) is 0 Å². The van der Waals surface area contributed by atoms with E-state index >= 15 is 0 Å². The minimum atomic E-state index is -0.432. The Labute approximate surface area is 172 Å². The third kappa shape index (κ3) is 4.94. The van der Waals surface area contributed by atoms with Crippen molar-refractivity contribution in [3.63, 3.8) is 0 Å². The molecule has 0 spiro atoms. The molecule has 1 aromatic heterocycles. The predicted octanol–water partition coefficient (Wildman–Crippen LogP) is 5.38. The van der Waals surface area contributed by atoms with Crippen LogP contribution in [0.5, 0.6) is 0 Å². The number of anilines is 2. The Kier molecular flexibility index (Phi) is 6.38. The third-order valence-electron chi connectivity index (χ3n) is 4.07. The first kappa shape index (κ1) is 20.0. The van der Waals surface area contributed by atoms with Crippen molar-refractivity contribution in [2.24, 2.45) is 0 Å². The summed E-state index contributed by atoms with van der Waals surface area (Å²) in [6.07, 6.45) is 0.703. The highest BCUT2D eigenvalue weighted by Crippen LogP contribution is 2.31. The number of carbonyl (C=O) groups is 1. The molecule has 0 radical (unpaired) electrons. The van der Waals surface area contributed by atoms with Crippen LogP contribution >= 0.6 is 23.6 Å². The lowest BCUT2D eigenvalue weighted by Crippen LogP contribution is -2.20. The Hall–Kier alpha value is -2.77. The number of hydrogen-bond donors (Lipinski definition) is 2. The van der Waals surface area contributed by atoms with Crippen molar-refractivity contribution in [3.8, 4) is 0 Å². The molecule has 1 heterocycles. The maximum absolute atomic E-state index is 13.3. The van der Waals surface area contributed by atoms with Gasteiger partial charge in [0.05, 0.1) is 12.7 Å². The van der Waals surface area contributed by atoms with E-state index in [4.69, 9.17) is 17.0 Å². The van der Waals surface area contributed by atoms with E-state index in [9.17, 15) is 9.18 Å². The number of esters is 1. The molecule has 3 rings (SSSR count). The van der Waals surface area contributed by atoms with Crippen LogP contribution in [0.15, 0.2) is 54.6 Å². The number of methoxy groups -OCH3 is 1. The molecule has 0 aliphatic heterocycles. The zero-order chi connectivity index (χ0) is 20.1. The van der Waals surface area contributed by atoms with Crippen molar-refractivity contribution in [3.05, 3.63) is 82.0 Å². The Balaban J connectivity index is 1.79. The fourth-order valence-electron chi connectivity index (χ4n) is 2.70. The molecule has 144 valence electrons. The second kappa shape index (κ2) is 8.95. The Morgan fingerprint density at radius 2 is 1.89 bits per heavy atom. The molecule has 0 saturated heterocycles. The molecule has 0 aliphatic carbocycles. The highest BCUT2D eigenvalue weighted by Gasteiger charge is 2.18. The van der Waals surface area contributed by atoms with Gasteiger partial charge >= 0.3 is 5.97 Å². The van der Waals surface area contributed by atoms with Gasteiger partial charge < -0.3 is 15.4 Å². The lowest BCUT2D eigenvalue weighted by molar-refractivity contribution is 0.0602. The Morgan fingerprint density at radius 1 is 1.14 bits per heavy atom. The first-order valence-corrected chi connectivity index (χ1v) is 9.78. The molecule has 0 saturated carbocycles. The number of thiocarbonyl (C=S) groups is 1. The predicted molar refractivity (Wildman–Crippen MR) is 116 cm³/mol. The van der Waals surface area contributed by atoms with Crippen molar-refractivity contribution in [1.82, 2.24) is 0 Å². The van der Waals surface area contributed by atoms with Crippen LogP contribution in [0.3, 0.4) is 0 Å². The minimum absolute atomic E-state index is 0.307. The second-order valence-electron chi connectivity index (χ2n) is 6.15. The van der Waals surface area contributed by atoms with Crippen LogP contribution in [0.4, 0.5) is 15.1 Å². The molecule has 2 N–H and O–H groups in total. The number of hydrogen-bond acceptors (Lipinski definition) is 4. The molecular weight excluding hydrogens is 395 g/mol. The van der Waals surface area contributed by atoms with Crippen LogP contribution in [-0.2, 0) is 11.2 Å². The van der Waals surface area contributed by atoms with Gasteiger partial charge in [-0.1, -0.05) is 30.3 Å². The highest BCUT2D eigenvalue weighted by molar-refractivity contribution is 7.80. The van der Waals surface area contributed by atoms with Crippen molar-refractivity contribution < 1.29 is 13.9 Å². The quantitative estimate of drug-likeness (QED) is 0.433. The van der Waals surface area contributed by atoms with Gasteiger partial charge in [0, 0.05) is 17.0 Å². The van der Waals surface area contributed by atoms with Crippen molar-refractivity contribution in [1.29, 1.82) is 0 Å². The van der Waals surface area contributed by atoms with Crippen LogP contribution in [0, 0.1) is 12.7 Å². The summed E-state index contributed by atoms with van der Waals surface area (Å²) in [6.45, 7) is 1.79. The highest BCUT2D eigenvalue weighted by atomic mass is 32.1. The zero-order valence-corrected chi connectivity index (χ0v) is 17.0. The average Bonchev–Trinajstić information content (AvgIpc) is 3.06. The number of aryl methyl sites for hydroxylation is 1. The smallest absolute Gasteiger partial charge is 0.340 e. The summed E-state index contributed by atoms with van der Waals surface area (Å²) in [5, 5.41) is 7.02. The SMILES string of the molecule is COC(=O)c1cc(Cc2ccccc2)sc1NC(=S)Nc1ccc(F)cc1C. The molecule has 4 nitrogen and oxygen atoms in total. The van der Waals surface area contributed by atoms with Gasteiger partial charge in [-0.2, -0.15) is 0 Å². The Bertz CT molecular complexity index is 1000. The van der Waals surface area contributed by atoms with Gasteiger partial charge in [-0.25, -0.2) is 9.18 Å². The van der Waals surface area contributed by atoms with Crippen LogP contribution < -0.4 is 10.6 Å². The number of nitrogens with one attached hydrogen (secondary N) is 2. The summed E-state index contributed by atoms with van der Waals surface area (Å²) in [4.78, 5) is 13.2. The lowest BCUT2D eigenvalue weighted by Gasteiger charge is -2.12. The molecule has 0 unspecified atom stereocenters. The standard InChI is InChI=1S/C21H19FN2O2S2/c1-13-10-15(22)8-9-18(13)23-21(27)24-19-17(20(25)26-2)12-16(28-19)11-14-6-4-3-5-7-14/h3-10,12H,11H2,1-2H3,(H2,23,24,27). The van der Waals surface area contributed by atoms with E-state index in [0.29, 0.717) is 27.8 Å². The van der Waals surface area contributed by atoms with Gasteiger partial charge in [0.25, 0.3) is 0 Å². The number of thiophene rings is 1. The second-order valence-corrected chi connectivity index (χ2v) is 7.69. The topological polar surface area (TPSA) is 50.4 Å². The fourth-order valence-corrected chi connectivity index (χ4v) is 4.06. The number of carbonyl (C=O) groups excluding carboxylic acids is 1. The maximum Gasteiger partial charge on any atom is 0.340 e. The minimum Gasteiger partial charge on any atom is -0.465 e. The molecule has 0 aliphatic rings. The van der Waals surface area contributed by atoms with Gasteiger partial charge in [0.15, 0.2) is 5.11 Å². The fraction of sp³-hybridized carbons (Fsp3) is 0.143. The molecule has 7 heteroatoms. The maximum atomic E-state index is 13.3. The Morgan fingerprint density at radius 3 is 2.57 bits per heavy atom. The number of rotatable bonds is 5. The van der Waals surface area contributed by atoms with E-state index in [-0.39, 0.29) is 5.82 Å².